The van der Waals surface area contributed by atoms with E-state index in [4.69, 9.17) is 14.7 Å². The van der Waals surface area contributed by atoms with Gasteiger partial charge in [-0.3, -0.25) is 4.79 Å². The molecule has 0 unspecified atom stereocenters. The largest absolute Gasteiger partial charge is 0.493 e. The first kappa shape index (κ1) is 18.1. The molecule has 0 aliphatic rings. The first-order valence-corrected chi connectivity index (χ1v) is 7.88. The van der Waals surface area contributed by atoms with E-state index in [1.807, 2.05) is 18.2 Å². The number of nitrogens with zero attached hydrogens (tertiary/aromatic N) is 1. The van der Waals surface area contributed by atoms with Crippen molar-refractivity contribution in [2.75, 3.05) is 32.6 Å². The zero-order valence-corrected chi connectivity index (χ0v) is 14.3. The van der Waals surface area contributed by atoms with E-state index in [9.17, 15) is 4.79 Å². The van der Waals surface area contributed by atoms with Gasteiger partial charge in [-0.15, -0.1) is 0 Å². The molecule has 130 valence electrons. The quantitative estimate of drug-likeness (QED) is 0.771. The SMILES string of the molecule is COc1ccc(CCNC(=O)CNc2ccc(C#N)cc2)cc1OC. The minimum Gasteiger partial charge on any atom is -0.493 e. The van der Waals surface area contributed by atoms with Crippen LogP contribution < -0.4 is 20.1 Å². The second-order valence-corrected chi connectivity index (χ2v) is 5.33. The minimum atomic E-state index is -0.0927. The van der Waals surface area contributed by atoms with Crippen molar-refractivity contribution in [3.05, 3.63) is 53.6 Å². The highest BCUT2D eigenvalue weighted by molar-refractivity contribution is 5.80. The smallest absolute Gasteiger partial charge is 0.239 e. The Hall–Kier alpha value is -3.20. The lowest BCUT2D eigenvalue weighted by molar-refractivity contribution is -0.119. The standard InChI is InChI=1S/C19H21N3O3/c1-24-17-8-5-14(11-18(17)25-2)9-10-21-19(23)13-22-16-6-3-15(12-20)4-7-16/h3-8,11,22H,9-10,13H2,1-2H3,(H,21,23). The number of hydrogen-bond donors (Lipinski definition) is 2. The normalized spacial score (nSPS) is 9.80. The molecule has 0 fully saturated rings. The fourth-order valence-corrected chi connectivity index (χ4v) is 2.29. The van der Waals surface area contributed by atoms with Gasteiger partial charge < -0.3 is 20.1 Å². The third-order valence-corrected chi connectivity index (χ3v) is 3.65. The van der Waals surface area contributed by atoms with Gasteiger partial charge >= 0.3 is 0 Å². The Morgan fingerprint density at radius 1 is 1.08 bits per heavy atom. The van der Waals surface area contributed by atoms with Crippen LogP contribution in [0.2, 0.25) is 0 Å². The summed E-state index contributed by atoms with van der Waals surface area (Å²) in [7, 11) is 3.19. The van der Waals surface area contributed by atoms with Crippen LogP contribution in [0.3, 0.4) is 0 Å². The van der Waals surface area contributed by atoms with Gasteiger partial charge in [-0.25, -0.2) is 0 Å². The number of amides is 1. The lowest BCUT2D eigenvalue weighted by atomic mass is 10.1. The molecule has 2 rings (SSSR count). The number of carbonyl (C=O) groups is 1. The molecule has 0 heterocycles. The molecule has 2 aromatic carbocycles. The summed E-state index contributed by atoms with van der Waals surface area (Å²) >= 11 is 0. The van der Waals surface area contributed by atoms with Gasteiger partial charge in [0.2, 0.25) is 5.91 Å². The van der Waals surface area contributed by atoms with Gasteiger partial charge in [-0.05, 0) is 48.4 Å². The van der Waals surface area contributed by atoms with Crippen LogP contribution in [-0.4, -0.2) is 33.2 Å². The number of methoxy groups -OCH3 is 2. The van der Waals surface area contributed by atoms with Crippen LogP contribution >= 0.6 is 0 Å². The van der Waals surface area contributed by atoms with E-state index >= 15 is 0 Å². The van der Waals surface area contributed by atoms with Gasteiger partial charge in [0.1, 0.15) is 0 Å². The minimum absolute atomic E-state index is 0.0927. The Bertz CT molecular complexity index is 751. The summed E-state index contributed by atoms with van der Waals surface area (Å²) in [4.78, 5) is 11.9. The van der Waals surface area contributed by atoms with E-state index in [0.29, 0.717) is 30.0 Å². The lowest BCUT2D eigenvalue weighted by Gasteiger charge is -2.10. The second kappa shape index (κ2) is 9.18. The molecule has 0 saturated heterocycles. The van der Waals surface area contributed by atoms with Crippen LogP contribution in [0.15, 0.2) is 42.5 Å². The predicted molar refractivity (Wildman–Crippen MR) is 95.9 cm³/mol. The van der Waals surface area contributed by atoms with Crippen LogP contribution in [0, 0.1) is 11.3 Å². The van der Waals surface area contributed by atoms with Crippen LogP contribution in [0.5, 0.6) is 11.5 Å². The average molecular weight is 339 g/mol. The van der Waals surface area contributed by atoms with Gasteiger partial charge in [0.05, 0.1) is 32.4 Å². The topological polar surface area (TPSA) is 83.4 Å². The summed E-state index contributed by atoms with van der Waals surface area (Å²) < 4.78 is 10.5. The molecule has 0 bridgehead atoms. The Labute approximate surface area is 147 Å². The Kier molecular flexibility index (Phi) is 6.66. The number of anilines is 1. The van der Waals surface area contributed by atoms with Crippen molar-refractivity contribution in [2.24, 2.45) is 0 Å². The molecule has 0 saturated carbocycles. The summed E-state index contributed by atoms with van der Waals surface area (Å²) in [5.41, 5.74) is 2.44. The summed E-state index contributed by atoms with van der Waals surface area (Å²) in [6.45, 7) is 0.710. The van der Waals surface area contributed by atoms with E-state index in [0.717, 1.165) is 11.3 Å². The molecule has 2 N–H and O–H groups in total. The van der Waals surface area contributed by atoms with Crippen LogP contribution in [0.1, 0.15) is 11.1 Å². The van der Waals surface area contributed by atoms with E-state index in [1.165, 1.54) is 0 Å². The molecule has 0 aromatic heterocycles. The van der Waals surface area contributed by atoms with E-state index in [1.54, 1.807) is 38.5 Å². The van der Waals surface area contributed by atoms with Crippen molar-refractivity contribution >= 4 is 11.6 Å². The molecule has 2 aromatic rings. The van der Waals surface area contributed by atoms with E-state index < -0.39 is 0 Å². The molecular weight excluding hydrogens is 318 g/mol. The summed E-state index contributed by atoms with van der Waals surface area (Å²) in [6, 6.07) is 14.7. The van der Waals surface area contributed by atoms with Crippen molar-refractivity contribution in [3.8, 4) is 17.6 Å². The van der Waals surface area contributed by atoms with Crippen LogP contribution in [-0.2, 0) is 11.2 Å². The summed E-state index contributed by atoms with van der Waals surface area (Å²) in [5, 5.41) is 14.6. The Morgan fingerprint density at radius 2 is 1.80 bits per heavy atom. The average Bonchev–Trinajstić information content (AvgIpc) is 2.66. The highest BCUT2D eigenvalue weighted by Crippen LogP contribution is 2.27. The Morgan fingerprint density at radius 3 is 2.44 bits per heavy atom. The maximum Gasteiger partial charge on any atom is 0.239 e. The molecule has 6 nitrogen and oxygen atoms in total. The number of nitriles is 1. The van der Waals surface area contributed by atoms with Crippen molar-refractivity contribution < 1.29 is 14.3 Å². The van der Waals surface area contributed by atoms with Gasteiger partial charge in [0, 0.05) is 12.2 Å². The monoisotopic (exact) mass is 339 g/mol. The fourth-order valence-electron chi connectivity index (χ4n) is 2.29. The number of hydrogen-bond acceptors (Lipinski definition) is 5. The van der Waals surface area contributed by atoms with Crippen molar-refractivity contribution in [1.82, 2.24) is 5.32 Å². The zero-order valence-electron chi connectivity index (χ0n) is 14.3. The Balaban J connectivity index is 1.75. The molecule has 6 heteroatoms. The number of nitrogens with one attached hydrogen (secondary N) is 2. The van der Waals surface area contributed by atoms with E-state index in [2.05, 4.69) is 16.7 Å². The molecule has 1 amide bonds. The first-order valence-electron chi connectivity index (χ1n) is 7.88. The second-order valence-electron chi connectivity index (χ2n) is 5.33. The van der Waals surface area contributed by atoms with Crippen LogP contribution in [0.4, 0.5) is 5.69 Å². The molecule has 25 heavy (non-hydrogen) atoms. The van der Waals surface area contributed by atoms with Gasteiger partial charge in [-0.1, -0.05) is 6.07 Å². The zero-order chi connectivity index (χ0) is 18.1. The van der Waals surface area contributed by atoms with Gasteiger partial charge in [0.15, 0.2) is 11.5 Å². The third kappa shape index (κ3) is 5.43. The highest BCUT2D eigenvalue weighted by atomic mass is 16.5. The van der Waals surface area contributed by atoms with Crippen molar-refractivity contribution in [3.63, 3.8) is 0 Å². The highest BCUT2D eigenvalue weighted by Gasteiger charge is 2.05. The summed E-state index contributed by atoms with van der Waals surface area (Å²) in [6.07, 6.45) is 0.697. The van der Waals surface area contributed by atoms with Gasteiger partial charge in [-0.2, -0.15) is 5.26 Å². The van der Waals surface area contributed by atoms with E-state index in [-0.39, 0.29) is 12.5 Å². The maximum absolute atomic E-state index is 11.9. The molecule has 0 atom stereocenters. The molecule has 0 aliphatic heterocycles. The van der Waals surface area contributed by atoms with Crippen LogP contribution in [0.25, 0.3) is 0 Å². The number of rotatable bonds is 8. The molecular formula is C19H21N3O3. The third-order valence-electron chi connectivity index (χ3n) is 3.65. The van der Waals surface area contributed by atoms with Crippen molar-refractivity contribution in [2.45, 2.75) is 6.42 Å². The maximum atomic E-state index is 11.9. The first-order chi connectivity index (χ1) is 12.2. The summed E-state index contributed by atoms with van der Waals surface area (Å²) in [5.74, 6) is 1.26. The van der Waals surface area contributed by atoms with Gasteiger partial charge in [0.25, 0.3) is 0 Å². The fraction of sp³-hybridized carbons (Fsp3) is 0.263. The molecule has 0 radical (unpaired) electrons. The lowest BCUT2D eigenvalue weighted by Crippen LogP contribution is -2.31. The molecule has 0 aliphatic carbocycles. The predicted octanol–water partition coefficient (Wildman–Crippen LogP) is 2.35. The molecule has 0 spiro atoms. The number of benzene rings is 2. The number of ether oxygens (including phenoxy) is 2. The number of carbonyl (C=O) groups excluding carboxylic acids is 1. The van der Waals surface area contributed by atoms with Crippen molar-refractivity contribution in [1.29, 1.82) is 5.26 Å².